The summed E-state index contributed by atoms with van der Waals surface area (Å²) in [6, 6.07) is 90.9. The Morgan fingerprint density at radius 3 is 1.23 bits per heavy atom. The fourth-order valence-corrected chi connectivity index (χ4v) is 13.2. The Morgan fingerprint density at radius 1 is 0.217 bits per heavy atom. The first-order valence-corrected chi connectivity index (χ1v) is 24.7. The molecule has 1 aliphatic carbocycles. The van der Waals surface area contributed by atoms with E-state index in [2.05, 4.69) is 243 Å². The summed E-state index contributed by atoms with van der Waals surface area (Å²) in [5.74, 6) is 0. The molecule has 0 aliphatic heterocycles. The number of fused-ring (bicyclic) bond motifs is 6. The van der Waals surface area contributed by atoms with Gasteiger partial charge in [0, 0.05) is 25.7 Å². The molecule has 0 amide bonds. The van der Waals surface area contributed by atoms with E-state index in [0.717, 1.165) is 0 Å². The van der Waals surface area contributed by atoms with Crippen LogP contribution in [0.15, 0.2) is 243 Å². The first kappa shape index (κ1) is 38.5. The lowest BCUT2D eigenvalue weighted by atomic mass is 9.76. The third kappa shape index (κ3) is 5.69. The zero-order chi connectivity index (χ0) is 45.2. The van der Waals surface area contributed by atoms with Gasteiger partial charge in [-0.05, 0) is 157 Å². The highest BCUT2D eigenvalue weighted by molar-refractivity contribution is 7.26. The van der Waals surface area contributed by atoms with Crippen LogP contribution in [-0.2, 0) is 0 Å². The quantitative estimate of drug-likeness (QED) is 0.146. The van der Waals surface area contributed by atoms with Crippen molar-refractivity contribution in [2.24, 2.45) is 0 Å². The van der Waals surface area contributed by atoms with E-state index in [9.17, 15) is 0 Å². The van der Waals surface area contributed by atoms with E-state index >= 15 is 0 Å². The van der Waals surface area contributed by atoms with Gasteiger partial charge in [0.2, 0.25) is 0 Å². The molecule has 13 aromatic carbocycles. The van der Waals surface area contributed by atoms with Gasteiger partial charge in [-0.3, -0.25) is 0 Å². The molecule has 14 aromatic rings. The van der Waals surface area contributed by atoms with Gasteiger partial charge < -0.3 is 0 Å². The van der Waals surface area contributed by atoms with Crippen LogP contribution in [0.4, 0.5) is 0 Å². The number of hydrogen-bond donors (Lipinski definition) is 0. The van der Waals surface area contributed by atoms with Crippen molar-refractivity contribution < 1.29 is 0 Å². The summed E-state index contributed by atoms with van der Waals surface area (Å²) in [5, 5.41) is 13.0. The predicted octanol–water partition coefficient (Wildman–Crippen LogP) is 19.8. The van der Waals surface area contributed by atoms with E-state index in [1.165, 1.54) is 152 Å². The van der Waals surface area contributed by atoms with E-state index in [-0.39, 0.29) is 0 Å². The summed E-state index contributed by atoms with van der Waals surface area (Å²) < 4.78 is 2.63. The summed E-state index contributed by atoms with van der Waals surface area (Å²) >= 11 is 1.91. The Bertz CT molecular complexity index is 4190. The Kier molecular flexibility index (Phi) is 8.33. The van der Waals surface area contributed by atoms with Crippen LogP contribution in [0.2, 0.25) is 0 Å². The van der Waals surface area contributed by atoms with Gasteiger partial charge in [0.05, 0.1) is 0 Å². The number of thiophene rings is 1. The van der Waals surface area contributed by atoms with E-state index < -0.39 is 0 Å². The molecule has 1 aromatic heterocycles. The second-order valence-corrected chi connectivity index (χ2v) is 19.7. The lowest BCUT2D eigenvalue weighted by molar-refractivity contribution is 1.54. The maximum atomic E-state index is 2.49. The van der Waals surface area contributed by atoms with Gasteiger partial charge in [-0.2, -0.15) is 0 Å². The first-order valence-electron chi connectivity index (χ1n) is 23.9. The topological polar surface area (TPSA) is 0 Å². The van der Waals surface area contributed by atoms with Gasteiger partial charge in [-0.15, -0.1) is 11.3 Å². The van der Waals surface area contributed by atoms with Gasteiger partial charge in [0.25, 0.3) is 0 Å². The van der Waals surface area contributed by atoms with Crippen LogP contribution in [0.1, 0.15) is 0 Å². The molecule has 0 radical (unpaired) electrons. The molecule has 1 heteroatoms. The number of rotatable bonds is 6. The van der Waals surface area contributed by atoms with Crippen LogP contribution in [0.3, 0.4) is 0 Å². The highest BCUT2D eigenvalue weighted by atomic mass is 32.1. The normalized spacial score (nSPS) is 12.1. The van der Waals surface area contributed by atoms with E-state index in [1.54, 1.807) is 0 Å². The average Bonchev–Trinajstić information content (AvgIpc) is 3.97. The summed E-state index contributed by atoms with van der Waals surface area (Å²) in [6.45, 7) is 0. The predicted molar refractivity (Wildman–Crippen MR) is 298 cm³/mol. The maximum absolute atomic E-state index is 2.49. The highest BCUT2D eigenvalue weighted by Gasteiger charge is 2.34. The standard InChI is InChI=1S/C68H40S/c1-5-17-41(18-6-1)61-62(42-19-7-2-8-20-42)64(44-23-11-4-12-24-44)67-55-36-35-51(53-28-16-29-54(65(53)55)66(67)63(61)43-21-9-3-10-22-43)56-39-50(40-57-52-27-13-14-30-58(52)69-68(56)57)49-37-47-33-31-45-25-15-26-46-32-34-48(38-49)60(47)59(45)46/h1-40H. The van der Waals surface area contributed by atoms with Crippen molar-refractivity contribution >= 4 is 74.6 Å². The maximum Gasteiger partial charge on any atom is 0.0434 e. The fraction of sp³-hybridized carbons (Fsp3) is 0. The lowest BCUT2D eigenvalue weighted by Gasteiger charge is -2.26. The summed E-state index contributed by atoms with van der Waals surface area (Å²) in [4.78, 5) is 0. The summed E-state index contributed by atoms with van der Waals surface area (Å²) in [6.07, 6.45) is 0. The third-order valence-corrected chi connectivity index (χ3v) is 16.1. The highest BCUT2D eigenvalue weighted by Crippen LogP contribution is 2.62. The van der Waals surface area contributed by atoms with Crippen LogP contribution in [0, 0.1) is 0 Å². The Labute approximate surface area is 404 Å². The van der Waals surface area contributed by atoms with Crippen LogP contribution < -0.4 is 0 Å². The third-order valence-electron chi connectivity index (χ3n) is 14.9. The molecule has 0 bridgehead atoms. The Hall–Kier alpha value is -8.62. The molecule has 0 fully saturated rings. The van der Waals surface area contributed by atoms with E-state index in [0.29, 0.717) is 0 Å². The lowest BCUT2D eigenvalue weighted by Crippen LogP contribution is -1.99. The molecule has 0 atom stereocenters. The van der Waals surface area contributed by atoms with E-state index in [4.69, 9.17) is 0 Å². The van der Waals surface area contributed by atoms with Gasteiger partial charge in [-0.25, -0.2) is 0 Å². The Balaban J connectivity index is 1.05. The van der Waals surface area contributed by atoms with Crippen molar-refractivity contribution in [3.05, 3.63) is 243 Å². The molecule has 69 heavy (non-hydrogen) atoms. The van der Waals surface area contributed by atoms with Crippen molar-refractivity contribution in [3.8, 4) is 89.0 Å². The molecule has 318 valence electrons. The molecular weight excluding hydrogens is 849 g/mol. The zero-order valence-electron chi connectivity index (χ0n) is 37.5. The number of benzene rings is 13. The van der Waals surface area contributed by atoms with Gasteiger partial charge in [-0.1, -0.05) is 212 Å². The molecule has 15 rings (SSSR count). The number of hydrogen-bond acceptors (Lipinski definition) is 1. The minimum Gasteiger partial charge on any atom is -0.135 e. The largest absolute Gasteiger partial charge is 0.135 e. The van der Waals surface area contributed by atoms with Crippen LogP contribution in [0.25, 0.3) is 152 Å². The molecular formula is C68H40S. The monoisotopic (exact) mass is 888 g/mol. The van der Waals surface area contributed by atoms with Crippen molar-refractivity contribution in [2.45, 2.75) is 0 Å². The van der Waals surface area contributed by atoms with Gasteiger partial charge in [0.1, 0.15) is 0 Å². The van der Waals surface area contributed by atoms with Crippen LogP contribution >= 0.6 is 11.3 Å². The molecule has 0 saturated carbocycles. The van der Waals surface area contributed by atoms with Gasteiger partial charge in [0.15, 0.2) is 0 Å². The summed E-state index contributed by atoms with van der Waals surface area (Å²) in [7, 11) is 0. The van der Waals surface area contributed by atoms with Gasteiger partial charge >= 0.3 is 0 Å². The molecule has 0 spiro atoms. The van der Waals surface area contributed by atoms with Crippen molar-refractivity contribution in [2.75, 3.05) is 0 Å². The molecule has 0 saturated heterocycles. The molecule has 0 N–H and O–H groups in total. The zero-order valence-corrected chi connectivity index (χ0v) is 38.3. The molecule has 1 heterocycles. The minimum absolute atomic E-state index is 1.20. The Morgan fingerprint density at radius 2 is 0.652 bits per heavy atom. The molecule has 0 unspecified atom stereocenters. The van der Waals surface area contributed by atoms with Crippen molar-refractivity contribution in [1.82, 2.24) is 0 Å². The second-order valence-electron chi connectivity index (χ2n) is 18.6. The fourth-order valence-electron chi connectivity index (χ4n) is 12.0. The van der Waals surface area contributed by atoms with E-state index in [1.807, 2.05) is 11.3 Å². The SMILES string of the molecule is c1ccc(-c2c(-c3ccccc3)c(-c3ccccc3)c3c(c2-c2ccccc2)-c2cccc4c(-c5cc(-c6cc7ccc8cccc9ccc(c6)c7c89)cc6c5sc5ccccc56)ccc-3c24)cc1. The minimum atomic E-state index is 1.20. The second kappa shape index (κ2) is 14.9. The summed E-state index contributed by atoms with van der Waals surface area (Å²) in [5.41, 5.74) is 20.0. The first-order chi connectivity index (χ1) is 34.2. The molecule has 0 nitrogen and oxygen atoms in total. The van der Waals surface area contributed by atoms with Crippen molar-refractivity contribution in [1.29, 1.82) is 0 Å². The van der Waals surface area contributed by atoms with Crippen molar-refractivity contribution in [3.63, 3.8) is 0 Å². The average molecular weight is 889 g/mol. The van der Waals surface area contributed by atoms with Crippen LogP contribution in [-0.4, -0.2) is 0 Å². The molecule has 1 aliphatic rings. The van der Waals surface area contributed by atoms with Crippen LogP contribution in [0.5, 0.6) is 0 Å². The smallest absolute Gasteiger partial charge is 0.0434 e.